The maximum absolute atomic E-state index is 14.1. The number of benzene rings is 3. The molecule has 0 saturated heterocycles. The third-order valence-electron chi connectivity index (χ3n) is 5.64. The number of carbonyl (C=O) groups is 1. The third-order valence-corrected chi connectivity index (χ3v) is 6.56. The molecule has 34 heavy (non-hydrogen) atoms. The molecule has 3 aromatic carbocycles. The largest absolute Gasteiger partial charge is 0.497 e. The molecule has 5 nitrogen and oxygen atoms in total. The van der Waals surface area contributed by atoms with E-state index in [0.717, 1.165) is 28.3 Å². The van der Waals surface area contributed by atoms with E-state index in [9.17, 15) is 4.79 Å². The van der Waals surface area contributed by atoms with Crippen molar-refractivity contribution in [2.24, 2.45) is 0 Å². The standard InChI is InChI=1S/C28H30N2O3Si/c1-32-24-17-15-22(16-18-24)21-30-26-14-9-8-13-25(26)28(27(30)31,19-10-20-34(2,3)4)33-29-23-11-6-5-7-12-23/h5-9,11-18,29H,19,21H2,1-4H3/t28-/m1/s1. The molecule has 6 heteroatoms. The number of amides is 1. The lowest BCUT2D eigenvalue weighted by atomic mass is 9.92. The van der Waals surface area contributed by atoms with Gasteiger partial charge in [-0.2, -0.15) is 0 Å². The minimum Gasteiger partial charge on any atom is -0.497 e. The Bertz CT molecular complexity index is 1210. The molecule has 1 atom stereocenters. The molecule has 0 spiro atoms. The van der Waals surface area contributed by atoms with Crippen molar-refractivity contribution in [3.05, 3.63) is 90.0 Å². The Labute approximate surface area is 202 Å². The van der Waals surface area contributed by atoms with Crippen molar-refractivity contribution in [1.82, 2.24) is 0 Å². The Morgan fingerprint density at radius 3 is 2.29 bits per heavy atom. The van der Waals surface area contributed by atoms with E-state index in [-0.39, 0.29) is 12.3 Å². The van der Waals surface area contributed by atoms with Gasteiger partial charge in [-0.3, -0.25) is 15.1 Å². The van der Waals surface area contributed by atoms with Crippen LogP contribution in [0.5, 0.6) is 5.75 Å². The van der Waals surface area contributed by atoms with Gasteiger partial charge in [0.15, 0.2) is 0 Å². The summed E-state index contributed by atoms with van der Waals surface area (Å²) >= 11 is 0. The van der Waals surface area contributed by atoms with Gasteiger partial charge in [0, 0.05) is 5.56 Å². The fourth-order valence-corrected chi connectivity index (χ4v) is 4.57. The van der Waals surface area contributed by atoms with E-state index < -0.39 is 13.7 Å². The molecule has 174 valence electrons. The van der Waals surface area contributed by atoms with Crippen LogP contribution in [0.25, 0.3) is 0 Å². The smallest absolute Gasteiger partial charge is 0.268 e. The molecule has 1 N–H and O–H groups in total. The number of ether oxygens (including phenoxy) is 1. The number of anilines is 2. The van der Waals surface area contributed by atoms with Gasteiger partial charge in [0.05, 0.1) is 31.5 Å². The van der Waals surface area contributed by atoms with E-state index >= 15 is 0 Å². The predicted octanol–water partition coefficient (Wildman–Crippen LogP) is 5.75. The zero-order valence-corrected chi connectivity index (χ0v) is 21.1. The van der Waals surface area contributed by atoms with Gasteiger partial charge in [0.2, 0.25) is 5.60 Å². The van der Waals surface area contributed by atoms with Gasteiger partial charge in [-0.1, -0.05) is 68.2 Å². The van der Waals surface area contributed by atoms with Gasteiger partial charge in [0.1, 0.15) is 13.8 Å². The predicted molar refractivity (Wildman–Crippen MR) is 139 cm³/mol. The number of nitrogens with zero attached hydrogens (tertiary/aromatic N) is 1. The summed E-state index contributed by atoms with van der Waals surface area (Å²) in [4.78, 5) is 22.1. The molecule has 0 aromatic heterocycles. The van der Waals surface area contributed by atoms with Crippen LogP contribution in [0.3, 0.4) is 0 Å². The van der Waals surface area contributed by atoms with Gasteiger partial charge < -0.3 is 9.64 Å². The number of hydrogen-bond donors (Lipinski definition) is 1. The SMILES string of the molecule is COc1ccc(CN2C(=O)[C@](CC#C[Si](C)(C)C)(ONc3ccccc3)c3ccccc32)cc1. The lowest BCUT2D eigenvalue weighted by Gasteiger charge is -2.27. The second kappa shape index (κ2) is 9.76. The summed E-state index contributed by atoms with van der Waals surface area (Å²) in [6.45, 7) is 7.00. The number of hydrogen-bond acceptors (Lipinski definition) is 4. The number of rotatable bonds is 7. The normalized spacial score (nSPS) is 17.1. The van der Waals surface area contributed by atoms with Gasteiger partial charge >= 0.3 is 0 Å². The summed E-state index contributed by atoms with van der Waals surface area (Å²) < 4.78 is 5.27. The fourth-order valence-electron chi connectivity index (χ4n) is 3.96. The third kappa shape index (κ3) is 5.01. The van der Waals surface area contributed by atoms with E-state index in [1.807, 2.05) is 78.9 Å². The zero-order valence-electron chi connectivity index (χ0n) is 20.1. The molecule has 0 aliphatic carbocycles. The monoisotopic (exact) mass is 470 g/mol. The highest BCUT2D eigenvalue weighted by Crippen LogP contribution is 2.45. The quantitative estimate of drug-likeness (QED) is 0.271. The van der Waals surface area contributed by atoms with Gasteiger partial charge in [-0.25, -0.2) is 0 Å². The second-order valence-corrected chi connectivity index (χ2v) is 14.1. The Kier molecular flexibility index (Phi) is 6.78. The zero-order chi connectivity index (χ0) is 24.2. The van der Waals surface area contributed by atoms with Crippen molar-refractivity contribution in [2.45, 2.75) is 38.2 Å². The van der Waals surface area contributed by atoms with Crippen molar-refractivity contribution >= 4 is 25.4 Å². The van der Waals surface area contributed by atoms with E-state index in [1.54, 1.807) is 12.0 Å². The second-order valence-electron chi connectivity index (χ2n) is 9.38. The molecule has 0 fully saturated rings. The summed E-state index contributed by atoms with van der Waals surface area (Å²) in [5.41, 5.74) is 8.62. The summed E-state index contributed by atoms with van der Waals surface area (Å²) in [6.07, 6.45) is 0.270. The molecule has 1 amide bonds. The van der Waals surface area contributed by atoms with Crippen LogP contribution in [0.1, 0.15) is 17.5 Å². The minimum absolute atomic E-state index is 0.127. The first-order valence-corrected chi connectivity index (χ1v) is 14.9. The molecule has 1 aliphatic heterocycles. The molecule has 0 radical (unpaired) electrons. The molecule has 0 unspecified atom stereocenters. The highest BCUT2D eigenvalue weighted by molar-refractivity contribution is 6.83. The maximum atomic E-state index is 14.1. The van der Waals surface area contributed by atoms with Crippen molar-refractivity contribution in [2.75, 3.05) is 17.5 Å². The highest BCUT2D eigenvalue weighted by atomic mass is 28.3. The van der Waals surface area contributed by atoms with Crippen LogP contribution in [0, 0.1) is 11.5 Å². The van der Waals surface area contributed by atoms with Gasteiger partial charge in [-0.15, -0.1) is 11.5 Å². The van der Waals surface area contributed by atoms with Crippen molar-refractivity contribution in [1.29, 1.82) is 0 Å². The summed E-state index contributed by atoms with van der Waals surface area (Å²) in [5.74, 6) is 3.95. The van der Waals surface area contributed by atoms with Gasteiger partial charge in [0.25, 0.3) is 5.91 Å². The van der Waals surface area contributed by atoms with Crippen LogP contribution in [0.2, 0.25) is 19.6 Å². The molecule has 1 heterocycles. The Morgan fingerprint density at radius 2 is 1.62 bits per heavy atom. The van der Waals surface area contributed by atoms with Crippen LogP contribution in [-0.4, -0.2) is 21.1 Å². The van der Waals surface area contributed by atoms with E-state index in [2.05, 4.69) is 36.6 Å². The summed E-state index contributed by atoms with van der Waals surface area (Å²) in [5, 5.41) is 0. The lowest BCUT2D eigenvalue weighted by molar-refractivity contribution is -0.139. The minimum atomic E-state index is -1.62. The van der Waals surface area contributed by atoms with Crippen LogP contribution in [0.15, 0.2) is 78.9 Å². The average molecular weight is 471 g/mol. The Morgan fingerprint density at radius 1 is 0.941 bits per heavy atom. The van der Waals surface area contributed by atoms with Crippen molar-refractivity contribution in [3.8, 4) is 17.2 Å². The molecule has 1 aliphatic rings. The Hall–Kier alpha value is -3.53. The first kappa shape index (κ1) is 23.6. The molecule has 0 bridgehead atoms. The number of nitrogens with one attached hydrogen (secondary N) is 1. The fraction of sp³-hybridized carbons (Fsp3) is 0.250. The number of methoxy groups -OCH3 is 1. The summed E-state index contributed by atoms with van der Waals surface area (Å²) in [7, 11) is 0.0176. The molecular weight excluding hydrogens is 440 g/mol. The Balaban J connectivity index is 1.72. The summed E-state index contributed by atoms with van der Waals surface area (Å²) in [6, 6.07) is 25.2. The molecule has 4 rings (SSSR count). The molecule has 0 saturated carbocycles. The van der Waals surface area contributed by atoms with E-state index in [4.69, 9.17) is 9.57 Å². The van der Waals surface area contributed by atoms with Crippen LogP contribution in [0.4, 0.5) is 11.4 Å². The number of carbonyl (C=O) groups excluding carboxylic acids is 1. The van der Waals surface area contributed by atoms with Crippen molar-refractivity contribution in [3.63, 3.8) is 0 Å². The van der Waals surface area contributed by atoms with E-state index in [1.165, 1.54) is 0 Å². The maximum Gasteiger partial charge on any atom is 0.268 e. The molecule has 3 aromatic rings. The van der Waals surface area contributed by atoms with Crippen LogP contribution < -0.4 is 15.1 Å². The number of fused-ring (bicyclic) bond motifs is 1. The average Bonchev–Trinajstić information content (AvgIpc) is 3.06. The lowest BCUT2D eigenvalue weighted by Crippen LogP contribution is -2.43. The van der Waals surface area contributed by atoms with Crippen LogP contribution >= 0.6 is 0 Å². The van der Waals surface area contributed by atoms with Crippen molar-refractivity contribution < 1.29 is 14.4 Å². The molecular formula is C28H30N2O3Si. The van der Waals surface area contributed by atoms with Gasteiger partial charge in [-0.05, 0) is 35.9 Å². The van der Waals surface area contributed by atoms with Crippen LogP contribution in [-0.2, 0) is 21.8 Å². The van der Waals surface area contributed by atoms with E-state index in [0.29, 0.717) is 6.54 Å². The topological polar surface area (TPSA) is 50.8 Å². The number of para-hydroxylation sites is 2. The highest BCUT2D eigenvalue weighted by Gasteiger charge is 2.52. The first-order chi connectivity index (χ1) is 16.3. The first-order valence-electron chi connectivity index (χ1n) is 11.4.